The highest BCUT2D eigenvalue weighted by molar-refractivity contribution is 5.94. The third-order valence-corrected chi connectivity index (χ3v) is 6.44. The molecule has 5 rings (SSSR count). The molecule has 0 unspecified atom stereocenters. The van der Waals surface area contributed by atoms with Crippen LogP contribution < -0.4 is 20.1 Å². The van der Waals surface area contributed by atoms with Gasteiger partial charge in [-0.2, -0.15) is 5.26 Å². The SMILES string of the molecule is COc1ccc2ncc(C#N)c(CCN3CC[C@H](CNCc4ccc5c(n4)NC(=O)CO5)C3)c2n1. The number of ether oxygens (including phenoxy) is 2. The van der Waals surface area contributed by atoms with Crippen molar-refractivity contribution in [2.75, 3.05) is 45.2 Å². The Labute approximate surface area is 203 Å². The summed E-state index contributed by atoms with van der Waals surface area (Å²) in [5.41, 5.74) is 3.86. The lowest BCUT2D eigenvalue weighted by atomic mass is 10.0. The van der Waals surface area contributed by atoms with E-state index >= 15 is 0 Å². The summed E-state index contributed by atoms with van der Waals surface area (Å²) in [4.78, 5) is 27.4. The third-order valence-electron chi connectivity index (χ3n) is 6.44. The van der Waals surface area contributed by atoms with Gasteiger partial charge in [0.1, 0.15) is 6.07 Å². The van der Waals surface area contributed by atoms with E-state index in [1.54, 1.807) is 19.4 Å². The quantitative estimate of drug-likeness (QED) is 0.504. The van der Waals surface area contributed by atoms with Crippen LogP contribution in [-0.4, -0.2) is 65.7 Å². The maximum atomic E-state index is 11.5. The topological polar surface area (TPSA) is 125 Å². The van der Waals surface area contributed by atoms with Crippen LogP contribution >= 0.6 is 0 Å². The number of nitriles is 1. The standard InChI is InChI=1S/C25H27N7O3/c1-34-23-5-3-20-24(31-23)19(17(10-26)12-28-20)7-9-32-8-6-16(14-32)11-27-13-18-2-4-21-25(29-18)30-22(33)15-35-21/h2-5,12,16,27H,6-9,11,13-15H2,1H3,(H,29,30,33)/t16-/m1/s1. The minimum atomic E-state index is -0.183. The van der Waals surface area contributed by atoms with E-state index in [2.05, 4.69) is 36.6 Å². The number of amides is 1. The number of fused-ring (bicyclic) bond motifs is 2. The first kappa shape index (κ1) is 23.0. The molecule has 2 aliphatic heterocycles. The summed E-state index contributed by atoms with van der Waals surface area (Å²) in [6, 6.07) is 9.69. The zero-order valence-corrected chi connectivity index (χ0v) is 19.6. The zero-order valence-electron chi connectivity index (χ0n) is 19.6. The Hall–Kier alpha value is -3.81. The van der Waals surface area contributed by atoms with Crippen molar-refractivity contribution in [3.8, 4) is 17.7 Å². The van der Waals surface area contributed by atoms with E-state index in [4.69, 9.17) is 9.47 Å². The molecule has 2 N–H and O–H groups in total. The highest BCUT2D eigenvalue weighted by Gasteiger charge is 2.23. The Morgan fingerprint density at radius 1 is 1.31 bits per heavy atom. The molecule has 5 heterocycles. The molecule has 1 saturated heterocycles. The lowest BCUT2D eigenvalue weighted by Crippen LogP contribution is -2.28. The number of methoxy groups -OCH3 is 1. The number of aromatic nitrogens is 3. The van der Waals surface area contributed by atoms with Gasteiger partial charge in [0.05, 0.1) is 29.4 Å². The van der Waals surface area contributed by atoms with Crippen molar-refractivity contribution in [1.29, 1.82) is 5.26 Å². The number of rotatable bonds is 8. The summed E-state index contributed by atoms with van der Waals surface area (Å²) in [7, 11) is 1.59. The molecule has 1 atom stereocenters. The van der Waals surface area contributed by atoms with E-state index in [9.17, 15) is 10.1 Å². The van der Waals surface area contributed by atoms with Gasteiger partial charge in [0.15, 0.2) is 18.2 Å². The van der Waals surface area contributed by atoms with Crippen molar-refractivity contribution in [3.05, 3.63) is 47.3 Å². The molecule has 0 aliphatic carbocycles. The molecule has 1 fully saturated rings. The van der Waals surface area contributed by atoms with Gasteiger partial charge in [0.2, 0.25) is 5.88 Å². The summed E-state index contributed by atoms with van der Waals surface area (Å²) in [5.74, 6) is 1.97. The van der Waals surface area contributed by atoms with Gasteiger partial charge in [-0.25, -0.2) is 9.97 Å². The Kier molecular flexibility index (Phi) is 6.70. The van der Waals surface area contributed by atoms with Crippen LogP contribution in [0.4, 0.5) is 5.82 Å². The maximum absolute atomic E-state index is 11.5. The molecule has 35 heavy (non-hydrogen) atoms. The Bertz CT molecular complexity index is 1290. The monoisotopic (exact) mass is 473 g/mol. The molecule has 0 radical (unpaired) electrons. The number of nitrogens with one attached hydrogen (secondary N) is 2. The average Bonchev–Trinajstić information content (AvgIpc) is 3.34. The van der Waals surface area contributed by atoms with Gasteiger partial charge >= 0.3 is 0 Å². The molecular weight excluding hydrogens is 446 g/mol. The first-order valence-electron chi connectivity index (χ1n) is 11.7. The second-order valence-electron chi connectivity index (χ2n) is 8.81. The van der Waals surface area contributed by atoms with E-state index in [1.165, 1.54) is 0 Å². The van der Waals surface area contributed by atoms with Crippen molar-refractivity contribution in [2.24, 2.45) is 5.92 Å². The van der Waals surface area contributed by atoms with E-state index in [0.29, 0.717) is 35.5 Å². The van der Waals surface area contributed by atoms with Gasteiger partial charge < -0.3 is 25.0 Å². The lowest BCUT2D eigenvalue weighted by molar-refractivity contribution is -0.118. The van der Waals surface area contributed by atoms with Crippen LogP contribution in [0.25, 0.3) is 11.0 Å². The van der Waals surface area contributed by atoms with E-state index in [-0.39, 0.29) is 12.5 Å². The summed E-state index contributed by atoms with van der Waals surface area (Å²) in [6.45, 7) is 4.42. The minimum Gasteiger partial charge on any atom is -0.481 e. The van der Waals surface area contributed by atoms with Crippen LogP contribution in [0.2, 0.25) is 0 Å². The molecule has 3 aromatic rings. The molecule has 2 aliphatic rings. The number of nitrogens with zero attached hydrogens (tertiary/aromatic N) is 5. The van der Waals surface area contributed by atoms with Crippen LogP contribution in [0.1, 0.15) is 23.2 Å². The average molecular weight is 474 g/mol. The predicted molar refractivity (Wildman–Crippen MR) is 129 cm³/mol. The van der Waals surface area contributed by atoms with E-state index in [0.717, 1.165) is 61.3 Å². The first-order chi connectivity index (χ1) is 17.1. The molecule has 180 valence electrons. The number of anilines is 1. The first-order valence-corrected chi connectivity index (χ1v) is 11.7. The van der Waals surface area contributed by atoms with Gasteiger partial charge in [-0.3, -0.25) is 9.78 Å². The van der Waals surface area contributed by atoms with Crippen LogP contribution in [0.3, 0.4) is 0 Å². The highest BCUT2D eigenvalue weighted by Crippen LogP contribution is 2.26. The molecule has 1 amide bonds. The van der Waals surface area contributed by atoms with Crippen molar-refractivity contribution in [2.45, 2.75) is 19.4 Å². The molecule has 10 heteroatoms. The summed E-state index contributed by atoms with van der Waals surface area (Å²) in [6.07, 6.45) is 3.48. The number of carbonyl (C=O) groups is 1. The number of hydrogen-bond donors (Lipinski definition) is 2. The van der Waals surface area contributed by atoms with Crippen molar-refractivity contribution in [1.82, 2.24) is 25.2 Å². The molecule has 0 spiro atoms. The summed E-state index contributed by atoms with van der Waals surface area (Å²) < 4.78 is 10.6. The second kappa shape index (κ2) is 10.2. The van der Waals surface area contributed by atoms with Gasteiger partial charge in [-0.15, -0.1) is 0 Å². The largest absolute Gasteiger partial charge is 0.481 e. The number of pyridine rings is 3. The number of hydrogen-bond acceptors (Lipinski definition) is 9. The van der Waals surface area contributed by atoms with E-state index < -0.39 is 0 Å². The minimum absolute atomic E-state index is 0.0321. The Morgan fingerprint density at radius 2 is 2.23 bits per heavy atom. The smallest absolute Gasteiger partial charge is 0.263 e. The predicted octanol–water partition coefficient (Wildman–Crippen LogP) is 1.89. The number of carbonyl (C=O) groups excluding carboxylic acids is 1. The lowest BCUT2D eigenvalue weighted by Gasteiger charge is -2.18. The van der Waals surface area contributed by atoms with Crippen LogP contribution in [-0.2, 0) is 17.8 Å². The fourth-order valence-corrected chi connectivity index (χ4v) is 4.62. The summed E-state index contributed by atoms with van der Waals surface area (Å²) >= 11 is 0. The van der Waals surface area contributed by atoms with Crippen molar-refractivity contribution < 1.29 is 14.3 Å². The van der Waals surface area contributed by atoms with E-state index in [1.807, 2.05) is 18.2 Å². The normalized spacial score (nSPS) is 17.5. The molecule has 3 aromatic heterocycles. The maximum Gasteiger partial charge on any atom is 0.263 e. The van der Waals surface area contributed by atoms with Gasteiger partial charge in [0, 0.05) is 37.5 Å². The van der Waals surface area contributed by atoms with Crippen molar-refractivity contribution >= 4 is 22.8 Å². The third kappa shape index (κ3) is 5.16. The molecule has 0 bridgehead atoms. The van der Waals surface area contributed by atoms with Crippen LogP contribution in [0.15, 0.2) is 30.5 Å². The van der Waals surface area contributed by atoms with Crippen LogP contribution in [0, 0.1) is 17.2 Å². The Balaban J connectivity index is 1.14. The van der Waals surface area contributed by atoms with Gasteiger partial charge in [-0.05, 0) is 50.0 Å². The summed E-state index contributed by atoms with van der Waals surface area (Å²) in [5, 5.41) is 15.8. The second-order valence-corrected chi connectivity index (χ2v) is 8.81. The molecule has 0 aromatic carbocycles. The molecule has 10 nitrogen and oxygen atoms in total. The fourth-order valence-electron chi connectivity index (χ4n) is 4.62. The van der Waals surface area contributed by atoms with Gasteiger partial charge in [0.25, 0.3) is 5.91 Å². The van der Waals surface area contributed by atoms with Crippen LogP contribution in [0.5, 0.6) is 11.6 Å². The fraction of sp³-hybridized carbons (Fsp3) is 0.400. The van der Waals surface area contributed by atoms with Crippen molar-refractivity contribution in [3.63, 3.8) is 0 Å². The highest BCUT2D eigenvalue weighted by atomic mass is 16.5. The zero-order chi connectivity index (χ0) is 24.2. The molecule has 0 saturated carbocycles. The van der Waals surface area contributed by atoms with Gasteiger partial charge in [-0.1, -0.05) is 0 Å². The molecular formula is C25H27N7O3. The Morgan fingerprint density at radius 3 is 3.09 bits per heavy atom. The number of likely N-dealkylation sites (tertiary alicyclic amines) is 1.